The fourth-order valence-corrected chi connectivity index (χ4v) is 2.72. The Kier molecular flexibility index (Phi) is 4.83. The van der Waals surface area contributed by atoms with Crippen LogP contribution < -0.4 is 10.5 Å². The van der Waals surface area contributed by atoms with Gasteiger partial charge in [0.05, 0.1) is 19.1 Å². The highest BCUT2D eigenvalue weighted by Crippen LogP contribution is 2.31. The van der Waals surface area contributed by atoms with Crippen LogP contribution in [0.25, 0.3) is 5.69 Å². The average Bonchev–Trinajstić information content (AvgIpc) is 2.88. The number of halogens is 1. The standard InChI is InChI=1S/C15H20BrN3O/c1-10(2)12(7-17)14-8-18-9-19(14)13-6-11(16)4-5-15(13)20-3/h4-6,8-10,12H,7,17H2,1-3H3. The summed E-state index contributed by atoms with van der Waals surface area (Å²) < 4.78 is 8.51. The predicted molar refractivity (Wildman–Crippen MR) is 84.4 cm³/mol. The molecule has 2 N–H and O–H groups in total. The van der Waals surface area contributed by atoms with Crippen LogP contribution in [0.5, 0.6) is 5.75 Å². The maximum atomic E-state index is 5.93. The summed E-state index contributed by atoms with van der Waals surface area (Å²) in [4.78, 5) is 4.29. The first-order valence-corrected chi connectivity index (χ1v) is 7.44. The molecule has 1 aromatic carbocycles. The Morgan fingerprint density at radius 2 is 2.15 bits per heavy atom. The smallest absolute Gasteiger partial charge is 0.142 e. The third kappa shape index (κ3) is 2.88. The molecule has 0 saturated carbocycles. The highest BCUT2D eigenvalue weighted by Gasteiger charge is 2.20. The minimum atomic E-state index is 0.265. The number of rotatable bonds is 5. The molecular formula is C15H20BrN3O. The van der Waals surface area contributed by atoms with Crippen LogP contribution in [0.15, 0.2) is 35.2 Å². The monoisotopic (exact) mass is 337 g/mol. The molecule has 1 aromatic heterocycles. The Labute approximate surface area is 128 Å². The van der Waals surface area contributed by atoms with Crippen LogP contribution in [-0.4, -0.2) is 23.2 Å². The van der Waals surface area contributed by atoms with Crippen molar-refractivity contribution in [2.75, 3.05) is 13.7 Å². The molecule has 0 aliphatic carbocycles. The number of ether oxygens (including phenoxy) is 1. The van der Waals surface area contributed by atoms with Gasteiger partial charge in [-0.05, 0) is 24.1 Å². The second-order valence-corrected chi connectivity index (χ2v) is 6.01. The molecule has 0 aliphatic heterocycles. The van der Waals surface area contributed by atoms with Crippen LogP contribution in [0.1, 0.15) is 25.5 Å². The van der Waals surface area contributed by atoms with Gasteiger partial charge in [0.15, 0.2) is 0 Å². The van der Waals surface area contributed by atoms with Gasteiger partial charge in [-0.2, -0.15) is 0 Å². The van der Waals surface area contributed by atoms with Crippen LogP contribution in [0, 0.1) is 5.92 Å². The number of benzene rings is 1. The molecule has 2 aromatic rings. The molecule has 2 rings (SSSR count). The van der Waals surface area contributed by atoms with Gasteiger partial charge in [0.2, 0.25) is 0 Å². The van der Waals surface area contributed by atoms with Crippen LogP contribution in [0.2, 0.25) is 0 Å². The highest BCUT2D eigenvalue weighted by molar-refractivity contribution is 9.10. The van der Waals surface area contributed by atoms with Gasteiger partial charge in [-0.1, -0.05) is 29.8 Å². The first kappa shape index (κ1) is 15.1. The molecule has 1 atom stereocenters. The van der Waals surface area contributed by atoms with Crippen molar-refractivity contribution in [1.82, 2.24) is 9.55 Å². The normalized spacial score (nSPS) is 12.7. The summed E-state index contributed by atoms with van der Waals surface area (Å²) in [7, 11) is 1.67. The van der Waals surface area contributed by atoms with Crippen molar-refractivity contribution in [1.29, 1.82) is 0 Å². The lowest BCUT2D eigenvalue weighted by atomic mass is 9.93. The van der Waals surface area contributed by atoms with Gasteiger partial charge < -0.3 is 10.5 Å². The van der Waals surface area contributed by atoms with Crippen LogP contribution in [-0.2, 0) is 0 Å². The Hall–Kier alpha value is -1.33. The summed E-state index contributed by atoms with van der Waals surface area (Å²) in [5.74, 6) is 1.53. The van der Waals surface area contributed by atoms with Crippen LogP contribution in [0.3, 0.4) is 0 Å². The van der Waals surface area contributed by atoms with Gasteiger partial charge in [0.25, 0.3) is 0 Å². The average molecular weight is 338 g/mol. The molecule has 0 aliphatic rings. The van der Waals surface area contributed by atoms with Crippen molar-refractivity contribution in [2.45, 2.75) is 19.8 Å². The van der Waals surface area contributed by atoms with E-state index in [4.69, 9.17) is 10.5 Å². The zero-order valence-electron chi connectivity index (χ0n) is 12.0. The van der Waals surface area contributed by atoms with Gasteiger partial charge in [-0.3, -0.25) is 4.57 Å². The lowest BCUT2D eigenvalue weighted by molar-refractivity contribution is 0.411. The van der Waals surface area contributed by atoms with E-state index in [2.05, 4.69) is 39.3 Å². The number of methoxy groups -OCH3 is 1. The molecule has 5 heteroatoms. The summed E-state index contributed by atoms with van der Waals surface area (Å²) in [6.45, 7) is 4.94. The summed E-state index contributed by atoms with van der Waals surface area (Å²) in [5.41, 5.74) is 8.01. The van der Waals surface area contributed by atoms with Crippen molar-refractivity contribution < 1.29 is 4.74 Å². The third-order valence-electron chi connectivity index (χ3n) is 3.51. The van der Waals surface area contributed by atoms with E-state index in [1.807, 2.05) is 30.7 Å². The van der Waals surface area contributed by atoms with Gasteiger partial charge >= 0.3 is 0 Å². The van der Waals surface area contributed by atoms with Crippen LogP contribution in [0.4, 0.5) is 0 Å². The lowest BCUT2D eigenvalue weighted by Crippen LogP contribution is -2.20. The molecule has 0 fully saturated rings. The van der Waals surface area contributed by atoms with Crippen molar-refractivity contribution in [3.05, 3.63) is 40.9 Å². The zero-order chi connectivity index (χ0) is 14.7. The van der Waals surface area contributed by atoms with E-state index in [1.165, 1.54) is 0 Å². The molecule has 0 bridgehead atoms. The molecule has 0 amide bonds. The zero-order valence-corrected chi connectivity index (χ0v) is 13.6. The Bertz CT molecular complexity index is 580. The second-order valence-electron chi connectivity index (χ2n) is 5.09. The molecule has 0 spiro atoms. The molecule has 108 valence electrons. The largest absolute Gasteiger partial charge is 0.495 e. The van der Waals surface area contributed by atoms with Crippen LogP contribution >= 0.6 is 15.9 Å². The molecule has 1 unspecified atom stereocenters. The number of nitrogens with two attached hydrogens (primary N) is 1. The number of hydrogen-bond donors (Lipinski definition) is 1. The van der Waals surface area contributed by atoms with Gasteiger partial charge in [0, 0.05) is 28.8 Å². The Morgan fingerprint density at radius 3 is 2.75 bits per heavy atom. The predicted octanol–water partition coefficient (Wildman–Crippen LogP) is 3.34. The quantitative estimate of drug-likeness (QED) is 0.910. The van der Waals surface area contributed by atoms with Crippen molar-refractivity contribution in [3.63, 3.8) is 0 Å². The number of nitrogens with zero attached hydrogens (tertiary/aromatic N) is 2. The van der Waals surface area contributed by atoms with E-state index in [9.17, 15) is 0 Å². The van der Waals surface area contributed by atoms with Gasteiger partial charge in [0.1, 0.15) is 5.75 Å². The molecule has 0 saturated heterocycles. The van der Waals surface area contributed by atoms with E-state index in [0.29, 0.717) is 12.5 Å². The fourth-order valence-electron chi connectivity index (χ4n) is 2.37. The van der Waals surface area contributed by atoms with E-state index >= 15 is 0 Å². The first-order chi connectivity index (χ1) is 9.58. The molecule has 4 nitrogen and oxygen atoms in total. The SMILES string of the molecule is COc1ccc(Br)cc1-n1cncc1C(CN)C(C)C. The maximum Gasteiger partial charge on any atom is 0.142 e. The number of aromatic nitrogens is 2. The third-order valence-corrected chi connectivity index (χ3v) is 4.00. The van der Waals surface area contributed by atoms with Gasteiger partial charge in [-0.25, -0.2) is 4.98 Å². The van der Waals surface area contributed by atoms with E-state index in [0.717, 1.165) is 21.6 Å². The first-order valence-electron chi connectivity index (χ1n) is 6.64. The maximum absolute atomic E-state index is 5.93. The minimum absolute atomic E-state index is 0.265. The fraction of sp³-hybridized carbons (Fsp3) is 0.400. The van der Waals surface area contributed by atoms with Gasteiger partial charge in [-0.15, -0.1) is 0 Å². The summed E-state index contributed by atoms with van der Waals surface area (Å²) in [6.07, 6.45) is 3.70. The van der Waals surface area contributed by atoms with Crippen molar-refractivity contribution in [2.24, 2.45) is 11.7 Å². The van der Waals surface area contributed by atoms with E-state index in [-0.39, 0.29) is 5.92 Å². The number of hydrogen-bond acceptors (Lipinski definition) is 3. The Balaban J connectivity index is 2.54. The molecule has 1 heterocycles. The molecular weight excluding hydrogens is 318 g/mol. The Morgan fingerprint density at radius 1 is 1.40 bits per heavy atom. The van der Waals surface area contributed by atoms with E-state index < -0.39 is 0 Å². The minimum Gasteiger partial charge on any atom is -0.495 e. The summed E-state index contributed by atoms with van der Waals surface area (Å²) in [5, 5.41) is 0. The molecule has 0 radical (unpaired) electrons. The van der Waals surface area contributed by atoms with E-state index in [1.54, 1.807) is 7.11 Å². The van der Waals surface area contributed by atoms with Crippen molar-refractivity contribution in [3.8, 4) is 11.4 Å². The highest BCUT2D eigenvalue weighted by atomic mass is 79.9. The summed E-state index contributed by atoms with van der Waals surface area (Å²) in [6, 6.07) is 5.93. The second kappa shape index (κ2) is 6.41. The lowest BCUT2D eigenvalue weighted by Gasteiger charge is -2.21. The molecule has 20 heavy (non-hydrogen) atoms. The topological polar surface area (TPSA) is 53.1 Å². The number of imidazole rings is 1. The summed E-state index contributed by atoms with van der Waals surface area (Å²) >= 11 is 3.50. The van der Waals surface area contributed by atoms with Crippen molar-refractivity contribution >= 4 is 15.9 Å².